The Morgan fingerprint density at radius 2 is 1.86 bits per heavy atom. The number of ether oxygens (including phenoxy) is 1. The van der Waals surface area contributed by atoms with Gasteiger partial charge in [0.25, 0.3) is 0 Å². The number of rotatable bonds is 4. The first-order chi connectivity index (χ1) is 9.84. The fourth-order valence-corrected chi connectivity index (χ4v) is 2.91. The van der Waals surface area contributed by atoms with Gasteiger partial charge in [-0.05, 0) is 52.9 Å². The van der Waals surface area contributed by atoms with Gasteiger partial charge in [0.1, 0.15) is 5.75 Å². The molecule has 114 valence electrons. The van der Waals surface area contributed by atoms with Crippen molar-refractivity contribution < 1.29 is 14.0 Å². The normalized spacial score (nSPS) is 23.4. The van der Waals surface area contributed by atoms with Crippen LogP contribution in [0, 0.1) is 0 Å². The van der Waals surface area contributed by atoms with Crippen molar-refractivity contribution >= 4 is 24.5 Å². The Morgan fingerprint density at radius 1 is 1.24 bits per heavy atom. The Bertz CT molecular complexity index is 530. The molecule has 1 aromatic heterocycles. The number of hydrogen-bond acceptors (Lipinski definition) is 5. The molecule has 2 fully saturated rings. The lowest BCUT2D eigenvalue weighted by Crippen LogP contribution is -2.41. The van der Waals surface area contributed by atoms with E-state index < -0.39 is 7.12 Å². The van der Waals surface area contributed by atoms with E-state index in [9.17, 15) is 0 Å². The number of hydrogen-bond donors (Lipinski definition) is 0. The molecular weight excluding hydrogens is 285 g/mol. The lowest BCUT2D eigenvalue weighted by atomic mass is 9.84. The molecule has 1 aliphatic carbocycles. The summed E-state index contributed by atoms with van der Waals surface area (Å²) in [4.78, 5) is 5.52. The van der Waals surface area contributed by atoms with E-state index in [4.69, 9.17) is 14.0 Å². The minimum absolute atomic E-state index is 0.359. The maximum atomic E-state index is 6.11. The van der Waals surface area contributed by atoms with Crippen molar-refractivity contribution in [1.82, 2.24) is 4.98 Å². The van der Waals surface area contributed by atoms with Gasteiger partial charge in [0.2, 0.25) is 0 Å². The fourth-order valence-electron chi connectivity index (χ4n) is 2.23. The van der Waals surface area contributed by atoms with Crippen molar-refractivity contribution in [3.8, 4) is 5.75 Å². The molecule has 3 rings (SSSR count). The highest BCUT2D eigenvalue weighted by molar-refractivity contribution is 7.99. The molecule has 2 heterocycles. The van der Waals surface area contributed by atoms with E-state index in [2.05, 4.69) is 32.7 Å². The molecule has 0 amide bonds. The van der Waals surface area contributed by atoms with Gasteiger partial charge in [0, 0.05) is 6.20 Å². The molecule has 4 nitrogen and oxygen atoms in total. The summed E-state index contributed by atoms with van der Waals surface area (Å²) in [6.07, 6.45) is 6.46. The van der Waals surface area contributed by atoms with Crippen LogP contribution in [0.15, 0.2) is 17.2 Å². The second kappa shape index (κ2) is 5.18. The molecule has 0 aromatic carbocycles. The van der Waals surface area contributed by atoms with Crippen LogP contribution in [0.2, 0.25) is 0 Å². The highest BCUT2D eigenvalue weighted by atomic mass is 32.2. The summed E-state index contributed by atoms with van der Waals surface area (Å²) >= 11 is 1.63. The van der Waals surface area contributed by atoms with Gasteiger partial charge < -0.3 is 14.0 Å². The average Bonchev–Trinajstić information content (AvgIpc) is 3.17. The zero-order valence-corrected chi connectivity index (χ0v) is 14.1. The van der Waals surface area contributed by atoms with Crippen LogP contribution in [0.5, 0.6) is 5.75 Å². The van der Waals surface area contributed by atoms with Gasteiger partial charge in [-0.15, -0.1) is 11.8 Å². The van der Waals surface area contributed by atoms with E-state index in [-0.39, 0.29) is 11.2 Å². The minimum Gasteiger partial charge on any atom is -0.489 e. The molecular formula is C15H22BNO3S. The summed E-state index contributed by atoms with van der Waals surface area (Å²) in [5.74, 6) is 0.893. The van der Waals surface area contributed by atoms with Gasteiger partial charge in [0.15, 0.2) is 0 Å². The summed E-state index contributed by atoms with van der Waals surface area (Å²) in [5.41, 5.74) is 0.101. The second-order valence-electron chi connectivity index (χ2n) is 6.63. The predicted molar refractivity (Wildman–Crippen MR) is 85.4 cm³/mol. The first kappa shape index (κ1) is 15.2. The van der Waals surface area contributed by atoms with Crippen molar-refractivity contribution in [2.75, 3.05) is 6.26 Å². The third kappa shape index (κ3) is 2.81. The van der Waals surface area contributed by atoms with Crippen LogP contribution < -0.4 is 10.3 Å². The van der Waals surface area contributed by atoms with Crippen molar-refractivity contribution in [2.24, 2.45) is 0 Å². The van der Waals surface area contributed by atoms with Gasteiger partial charge >= 0.3 is 7.12 Å². The van der Waals surface area contributed by atoms with Crippen LogP contribution in [0.4, 0.5) is 0 Å². The van der Waals surface area contributed by atoms with Gasteiger partial charge in [0.05, 0.1) is 27.8 Å². The third-order valence-electron chi connectivity index (χ3n) is 4.39. The standard InChI is InChI=1S/C15H22BNO3S/c1-14(2)15(3,4)20-16(19-14)13-12(21-5)11(8-9-17-13)18-10-6-7-10/h8-10H,6-7H2,1-5H3. The number of thioether (sulfide) groups is 1. The third-order valence-corrected chi connectivity index (χ3v) is 5.21. The van der Waals surface area contributed by atoms with E-state index in [0.29, 0.717) is 6.10 Å². The lowest BCUT2D eigenvalue weighted by molar-refractivity contribution is 0.00578. The van der Waals surface area contributed by atoms with Gasteiger partial charge in [-0.3, -0.25) is 4.98 Å². The molecule has 0 atom stereocenters. The molecule has 1 saturated heterocycles. The molecule has 6 heteroatoms. The van der Waals surface area contributed by atoms with E-state index in [1.807, 2.05) is 12.3 Å². The first-order valence-electron chi connectivity index (χ1n) is 7.39. The molecule has 1 aromatic rings. The molecule has 2 aliphatic rings. The highest BCUT2D eigenvalue weighted by Crippen LogP contribution is 2.38. The van der Waals surface area contributed by atoms with Gasteiger partial charge in [-0.25, -0.2) is 0 Å². The topological polar surface area (TPSA) is 40.6 Å². The zero-order valence-electron chi connectivity index (χ0n) is 13.3. The predicted octanol–water partition coefficient (Wildman–Crippen LogP) is 2.64. The fraction of sp³-hybridized carbons (Fsp3) is 0.667. The first-order valence-corrected chi connectivity index (χ1v) is 8.62. The van der Waals surface area contributed by atoms with Gasteiger partial charge in [-0.2, -0.15) is 0 Å². The summed E-state index contributed by atoms with van der Waals surface area (Å²) in [6.45, 7) is 8.21. The molecule has 21 heavy (non-hydrogen) atoms. The Balaban J connectivity index is 1.91. The maximum absolute atomic E-state index is 6.11. The van der Waals surface area contributed by atoms with Gasteiger partial charge in [-0.1, -0.05) is 0 Å². The highest BCUT2D eigenvalue weighted by Gasteiger charge is 2.53. The number of nitrogens with zero attached hydrogens (tertiary/aromatic N) is 1. The SMILES string of the molecule is CSc1c(OC2CC2)ccnc1B1OC(C)(C)C(C)(C)O1. The summed E-state index contributed by atoms with van der Waals surface area (Å²) in [6, 6.07) is 1.93. The molecule has 1 saturated carbocycles. The maximum Gasteiger partial charge on any atom is 0.515 e. The number of aromatic nitrogens is 1. The van der Waals surface area contributed by atoms with E-state index in [1.54, 1.807) is 18.0 Å². The molecule has 0 spiro atoms. The quantitative estimate of drug-likeness (QED) is 0.632. The second-order valence-corrected chi connectivity index (χ2v) is 7.45. The molecule has 0 bridgehead atoms. The Labute approximate surface area is 131 Å². The Hall–Kier alpha value is -0.715. The van der Waals surface area contributed by atoms with Crippen molar-refractivity contribution in [2.45, 2.75) is 62.7 Å². The van der Waals surface area contributed by atoms with Crippen LogP contribution in [0.1, 0.15) is 40.5 Å². The van der Waals surface area contributed by atoms with E-state index >= 15 is 0 Å². The number of pyridine rings is 1. The minimum atomic E-state index is -0.444. The van der Waals surface area contributed by atoms with Crippen molar-refractivity contribution in [3.05, 3.63) is 12.3 Å². The summed E-state index contributed by atoms with van der Waals surface area (Å²) in [5, 5.41) is 0. The monoisotopic (exact) mass is 307 g/mol. The smallest absolute Gasteiger partial charge is 0.489 e. The van der Waals surface area contributed by atoms with Crippen LogP contribution in [0.3, 0.4) is 0 Å². The summed E-state index contributed by atoms with van der Waals surface area (Å²) < 4.78 is 18.2. The van der Waals surface area contributed by atoms with Crippen LogP contribution >= 0.6 is 11.8 Å². The van der Waals surface area contributed by atoms with Crippen molar-refractivity contribution in [3.63, 3.8) is 0 Å². The van der Waals surface area contributed by atoms with Crippen LogP contribution in [-0.2, 0) is 9.31 Å². The summed E-state index contributed by atoms with van der Waals surface area (Å²) in [7, 11) is -0.444. The van der Waals surface area contributed by atoms with E-state index in [0.717, 1.165) is 29.1 Å². The lowest BCUT2D eigenvalue weighted by Gasteiger charge is -2.32. The zero-order chi connectivity index (χ0) is 15.3. The van der Waals surface area contributed by atoms with Crippen molar-refractivity contribution in [1.29, 1.82) is 0 Å². The van der Waals surface area contributed by atoms with Crippen LogP contribution in [0.25, 0.3) is 0 Å². The Kier molecular flexibility index (Phi) is 3.75. The van der Waals surface area contributed by atoms with E-state index in [1.165, 1.54) is 0 Å². The molecule has 1 aliphatic heterocycles. The molecule has 0 N–H and O–H groups in total. The molecule has 0 unspecified atom stereocenters. The Morgan fingerprint density at radius 3 is 2.38 bits per heavy atom. The largest absolute Gasteiger partial charge is 0.515 e. The van der Waals surface area contributed by atoms with Crippen LogP contribution in [-0.4, -0.2) is 35.7 Å². The average molecular weight is 307 g/mol. The molecule has 0 radical (unpaired) electrons.